The first kappa shape index (κ1) is 79.3. The van der Waals surface area contributed by atoms with Crippen LogP contribution in [0.15, 0.2) is 97.2 Å². The molecule has 0 fully saturated rings. The summed E-state index contributed by atoms with van der Waals surface area (Å²) in [6, 6.07) is 0. The summed E-state index contributed by atoms with van der Waals surface area (Å²) >= 11 is 0. The van der Waals surface area contributed by atoms with Gasteiger partial charge in [-0.3, -0.25) is 14.4 Å². The molecule has 0 aliphatic rings. The van der Waals surface area contributed by atoms with E-state index >= 15 is 0 Å². The fourth-order valence-electron chi connectivity index (χ4n) is 10.2. The summed E-state index contributed by atoms with van der Waals surface area (Å²) in [7, 11) is 0. The summed E-state index contributed by atoms with van der Waals surface area (Å²) in [5.41, 5.74) is 0. The summed E-state index contributed by atoms with van der Waals surface area (Å²) in [6.45, 7) is 6.53. The Bertz CT molecular complexity index is 1610. The highest BCUT2D eigenvalue weighted by atomic mass is 16.6. The third-order valence-corrected chi connectivity index (χ3v) is 15.6. The van der Waals surface area contributed by atoms with Crippen molar-refractivity contribution in [3.8, 4) is 0 Å². The summed E-state index contributed by atoms with van der Waals surface area (Å²) in [5.74, 6) is -0.873. The fourth-order valence-corrected chi connectivity index (χ4v) is 10.2. The molecule has 0 aromatic rings. The van der Waals surface area contributed by atoms with Gasteiger partial charge in [-0.05, 0) is 103 Å². The van der Waals surface area contributed by atoms with E-state index in [4.69, 9.17) is 14.2 Å². The normalized spacial score (nSPS) is 12.7. The third-order valence-electron chi connectivity index (χ3n) is 15.6. The Morgan fingerprint density at radius 3 is 0.735 bits per heavy atom. The van der Waals surface area contributed by atoms with Crippen LogP contribution in [-0.2, 0) is 28.6 Å². The number of ether oxygens (including phenoxy) is 3. The molecule has 0 saturated heterocycles. The largest absolute Gasteiger partial charge is 0.462 e. The molecule has 83 heavy (non-hydrogen) atoms. The Morgan fingerprint density at radius 1 is 0.253 bits per heavy atom. The van der Waals surface area contributed by atoms with Gasteiger partial charge in [-0.15, -0.1) is 0 Å². The molecule has 0 bridgehead atoms. The van der Waals surface area contributed by atoms with Crippen molar-refractivity contribution in [2.24, 2.45) is 0 Å². The van der Waals surface area contributed by atoms with Crippen molar-refractivity contribution in [2.75, 3.05) is 13.2 Å². The van der Waals surface area contributed by atoms with Gasteiger partial charge in [0.15, 0.2) is 6.10 Å². The molecule has 0 aromatic carbocycles. The van der Waals surface area contributed by atoms with Crippen LogP contribution in [0.4, 0.5) is 0 Å². The lowest BCUT2D eigenvalue weighted by molar-refractivity contribution is -0.167. The van der Waals surface area contributed by atoms with Crippen LogP contribution in [0.25, 0.3) is 0 Å². The molecule has 0 aliphatic heterocycles. The lowest BCUT2D eigenvalue weighted by Gasteiger charge is -2.18. The van der Waals surface area contributed by atoms with Crippen LogP contribution < -0.4 is 0 Å². The minimum atomic E-state index is -0.781. The van der Waals surface area contributed by atoms with E-state index < -0.39 is 6.10 Å². The van der Waals surface area contributed by atoms with E-state index in [1.807, 2.05) is 0 Å². The van der Waals surface area contributed by atoms with Gasteiger partial charge < -0.3 is 14.2 Å². The lowest BCUT2D eigenvalue weighted by atomic mass is 10.0. The zero-order valence-corrected chi connectivity index (χ0v) is 54.9. The Kier molecular flexibility index (Phi) is 67.7. The molecule has 0 spiro atoms. The van der Waals surface area contributed by atoms with Crippen molar-refractivity contribution in [3.05, 3.63) is 97.2 Å². The van der Waals surface area contributed by atoms with Gasteiger partial charge in [-0.2, -0.15) is 0 Å². The highest BCUT2D eigenvalue weighted by Gasteiger charge is 2.19. The zero-order chi connectivity index (χ0) is 59.9. The maximum absolute atomic E-state index is 12.9. The van der Waals surface area contributed by atoms with Crippen LogP contribution in [0.1, 0.15) is 355 Å². The van der Waals surface area contributed by atoms with Crippen LogP contribution in [0.2, 0.25) is 0 Å². The molecule has 0 rings (SSSR count). The van der Waals surface area contributed by atoms with Crippen LogP contribution in [0.5, 0.6) is 0 Å². The fraction of sp³-hybridized carbons (Fsp3) is 0.753. The van der Waals surface area contributed by atoms with Crippen LogP contribution in [0.3, 0.4) is 0 Å². The predicted octanol–water partition coefficient (Wildman–Crippen LogP) is 24.8. The standard InChI is InChI=1S/C77H134O6/c1-4-7-10-13-16-19-21-23-25-27-29-31-33-35-37-38-40-41-43-45-47-49-51-53-55-58-61-64-67-70-76(79)82-73-74(72-81-75(78)69-66-63-60-57-18-15-12-9-6-3)83-77(80)71-68-65-62-59-56-54-52-50-48-46-44-42-39-36-34-32-30-28-26-24-22-20-17-14-11-8-5-2/h8,11,17,20-21,23-24,26-27,29-30,32,36,39,44,46,74H,4-7,9-10,12-16,18-19,22,25,28,31,33-35,37-38,40-43,45,47-73H2,1-3H3/b11-8-,20-17-,23-21-,26-24-,29-27-,32-30-,39-36-,46-44-. The van der Waals surface area contributed by atoms with Gasteiger partial charge in [0.25, 0.3) is 0 Å². The monoisotopic (exact) mass is 1160 g/mol. The smallest absolute Gasteiger partial charge is 0.306 e. The molecule has 0 amide bonds. The molecule has 0 heterocycles. The molecule has 478 valence electrons. The van der Waals surface area contributed by atoms with Gasteiger partial charge >= 0.3 is 17.9 Å². The number of hydrogen-bond donors (Lipinski definition) is 0. The summed E-state index contributed by atoms with van der Waals surface area (Å²) < 4.78 is 16.9. The Labute approximate surface area is 515 Å². The van der Waals surface area contributed by atoms with Gasteiger partial charge in [0.2, 0.25) is 0 Å². The molecule has 1 atom stereocenters. The highest BCUT2D eigenvalue weighted by molar-refractivity contribution is 5.71. The molecule has 0 saturated carbocycles. The number of allylic oxidation sites excluding steroid dienone is 16. The number of esters is 3. The minimum absolute atomic E-state index is 0.0771. The van der Waals surface area contributed by atoms with Crippen LogP contribution in [0, 0.1) is 0 Å². The van der Waals surface area contributed by atoms with Gasteiger partial charge in [0.1, 0.15) is 13.2 Å². The highest BCUT2D eigenvalue weighted by Crippen LogP contribution is 2.17. The predicted molar refractivity (Wildman–Crippen MR) is 362 cm³/mol. The number of carbonyl (C=O) groups is 3. The molecule has 1 unspecified atom stereocenters. The molecular weight excluding hydrogens is 1020 g/mol. The third kappa shape index (κ3) is 69.0. The molecule has 0 N–H and O–H groups in total. The molecule has 0 aliphatic carbocycles. The van der Waals surface area contributed by atoms with Gasteiger partial charge in [0.05, 0.1) is 0 Å². The molecule has 0 aromatic heterocycles. The van der Waals surface area contributed by atoms with E-state index in [9.17, 15) is 14.4 Å². The average Bonchev–Trinajstić information content (AvgIpc) is 3.49. The molecule has 6 heteroatoms. The van der Waals surface area contributed by atoms with Crippen LogP contribution in [-0.4, -0.2) is 37.2 Å². The first-order valence-corrected chi connectivity index (χ1v) is 35.7. The second-order valence-electron chi connectivity index (χ2n) is 23.8. The van der Waals surface area contributed by atoms with Crippen molar-refractivity contribution in [3.63, 3.8) is 0 Å². The Morgan fingerprint density at radius 2 is 0.470 bits per heavy atom. The first-order valence-electron chi connectivity index (χ1n) is 35.7. The quantitative estimate of drug-likeness (QED) is 0.0261. The number of rotatable bonds is 65. The van der Waals surface area contributed by atoms with Crippen molar-refractivity contribution >= 4 is 17.9 Å². The first-order chi connectivity index (χ1) is 41.0. The van der Waals surface area contributed by atoms with Gasteiger partial charge in [0, 0.05) is 19.3 Å². The molecule has 6 nitrogen and oxygen atoms in total. The zero-order valence-electron chi connectivity index (χ0n) is 54.9. The molecular formula is C77H134O6. The van der Waals surface area contributed by atoms with Crippen LogP contribution >= 0.6 is 0 Å². The van der Waals surface area contributed by atoms with Crippen molar-refractivity contribution < 1.29 is 28.6 Å². The van der Waals surface area contributed by atoms with E-state index in [0.717, 1.165) is 109 Å². The maximum Gasteiger partial charge on any atom is 0.306 e. The van der Waals surface area contributed by atoms with E-state index in [-0.39, 0.29) is 31.1 Å². The lowest BCUT2D eigenvalue weighted by Crippen LogP contribution is -2.30. The van der Waals surface area contributed by atoms with Crippen molar-refractivity contribution in [2.45, 2.75) is 361 Å². The van der Waals surface area contributed by atoms with E-state index in [2.05, 4.69) is 118 Å². The van der Waals surface area contributed by atoms with Crippen molar-refractivity contribution in [1.82, 2.24) is 0 Å². The summed E-state index contributed by atoms with van der Waals surface area (Å²) in [6.07, 6.45) is 95.9. The van der Waals surface area contributed by atoms with E-state index in [1.165, 1.54) is 205 Å². The summed E-state index contributed by atoms with van der Waals surface area (Å²) in [5, 5.41) is 0. The van der Waals surface area contributed by atoms with E-state index in [0.29, 0.717) is 19.3 Å². The van der Waals surface area contributed by atoms with Crippen molar-refractivity contribution in [1.29, 1.82) is 0 Å². The van der Waals surface area contributed by atoms with E-state index in [1.54, 1.807) is 0 Å². The minimum Gasteiger partial charge on any atom is -0.462 e. The number of carbonyl (C=O) groups excluding carboxylic acids is 3. The number of hydrogen-bond acceptors (Lipinski definition) is 6. The maximum atomic E-state index is 12.9. The number of unbranched alkanes of at least 4 members (excludes halogenated alkanes) is 38. The SMILES string of the molecule is CC/C=C\C/C=C\C/C=C\C/C=C\C/C=C\C/C=C\CCCCCCCCCCC(=O)OC(COC(=O)CCCCCCCCCCC)COC(=O)CCCCCCCCCCCCCCCCCCC/C=C\C/C=C\CCCCCCC. The Hall–Kier alpha value is -3.67. The van der Waals surface area contributed by atoms with Gasteiger partial charge in [-0.25, -0.2) is 0 Å². The summed E-state index contributed by atoms with van der Waals surface area (Å²) in [4.78, 5) is 38.3. The average molecular weight is 1160 g/mol. The second-order valence-corrected chi connectivity index (χ2v) is 23.8. The topological polar surface area (TPSA) is 78.9 Å². The van der Waals surface area contributed by atoms with Gasteiger partial charge in [-0.1, -0.05) is 330 Å². The molecule has 0 radical (unpaired) electrons. The second kappa shape index (κ2) is 70.8. The Balaban J connectivity index is 4.16.